The summed E-state index contributed by atoms with van der Waals surface area (Å²) in [6.45, 7) is -0.233. The number of allylic oxidation sites excluding steroid dienone is 2. The molecule has 90 valence electrons. The number of carboxylic acids is 1. The summed E-state index contributed by atoms with van der Waals surface area (Å²) >= 11 is 0. The van der Waals surface area contributed by atoms with E-state index in [4.69, 9.17) is 11.5 Å². The monoisotopic (exact) mass is 233 g/mol. The molecule has 0 aromatic heterocycles. The lowest BCUT2D eigenvalue weighted by Crippen LogP contribution is -2.41. The second-order valence-corrected chi connectivity index (χ2v) is 4.68. The molecule has 2 aliphatic carbocycles. The highest BCUT2D eigenvalue weighted by atomic mass is 16.4. The summed E-state index contributed by atoms with van der Waals surface area (Å²) in [6.07, 6.45) is 11.2. The van der Waals surface area contributed by atoms with Crippen LogP contribution in [-0.4, -0.2) is 35.0 Å². The largest absolute Gasteiger partial charge is 0.480 e. The number of carbonyl (C=O) groups excluding carboxylic acids is 1. The molecular formula is C13H15NO3. The summed E-state index contributed by atoms with van der Waals surface area (Å²) in [5.74, 6) is 1.91. The number of hydrogen-bond acceptors (Lipinski definition) is 2. The van der Waals surface area contributed by atoms with Gasteiger partial charge in [-0.15, -0.1) is 6.42 Å². The van der Waals surface area contributed by atoms with E-state index in [9.17, 15) is 9.59 Å². The van der Waals surface area contributed by atoms with Crippen LogP contribution in [0.3, 0.4) is 0 Å². The van der Waals surface area contributed by atoms with Crippen LogP contribution in [0.15, 0.2) is 12.2 Å². The van der Waals surface area contributed by atoms with Crippen molar-refractivity contribution < 1.29 is 14.7 Å². The Morgan fingerprint density at radius 2 is 2.18 bits per heavy atom. The van der Waals surface area contributed by atoms with Gasteiger partial charge in [0.15, 0.2) is 0 Å². The van der Waals surface area contributed by atoms with Crippen molar-refractivity contribution in [2.45, 2.75) is 12.8 Å². The molecule has 2 bridgehead atoms. The summed E-state index contributed by atoms with van der Waals surface area (Å²) in [4.78, 5) is 24.1. The molecule has 1 saturated carbocycles. The molecule has 0 spiro atoms. The van der Waals surface area contributed by atoms with E-state index in [0.29, 0.717) is 5.92 Å². The molecule has 1 amide bonds. The van der Waals surface area contributed by atoms with Gasteiger partial charge in [0, 0.05) is 5.92 Å². The zero-order valence-corrected chi connectivity index (χ0v) is 9.50. The normalized spacial score (nSPS) is 29.0. The van der Waals surface area contributed by atoms with Crippen LogP contribution in [0, 0.1) is 30.1 Å². The van der Waals surface area contributed by atoms with Gasteiger partial charge in [-0.25, -0.2) is 0 Å². The van der Waals surface area contributed by atoms with E-state index in [0.717, 1.165) is 12.8 Å². The average Bonchev–Trinajstić information content (AvgIpc) is 2.88. The molecule has 0 saturated heterocycles. The molecule has 0 aromatic rings. The topological polar surface area (TPSA) is 57.6 Å². The average molecular weight is 233 g/mol. The number of carboxylic acid groups (broad SMARTS) is 1. The van der Waals surface area contributed by atoms with Gasteiger partial charge in [-0.3, -0.25) is 9.59 Å². The van der Waals surface area contributed by atoms with Gasteiger partial charge < -0.3 is 10.0 Å². The fraction of sp³-hybridized carbons (Fsp3) is 0.538. The Hall–Kier alpha value is -1.76. The van der Waals surface area contributed by atoms with Crippen molar-refractivity contribution in [2.24, 2.45) is 17.8 Å². The Balaban J connectivity index is 2.04. The molecule has 4 heteroatoms. The minimum Gasteiger partial charge on any atom is -0.480 e. The Morgan fingerprint density at radius 1 is 1.41 bits per heavy atom. The SMILES string of the molecule is C#CCN(CC(=O)O)C(=O)C1CC2C=CC1C2. The number of hydrogen-bond donors (Lipinski definition) is 1. The van der Waals surface area contributed by atoms with Crippen LogP contribution >= 0.6 is 0 Å². The third kappa shape index (κ3) is 2.33. The van der Waals surface area contributed by atoms with Crippen molar-refractivity contribution in [1.29, 1.82) is 0 Å². The zero-order chi connectivity index (χ0) is 12.4. The second kappa shape index (κ2) is 4.62. The maximum atomic E-state index is 12.2. The summed E-state index contributed by atoms with van der Waals surface area (Å²) in [6, 6.07) is 0. The van der Waals surface area contributed by atoms with Crippen molar-refractivity contribution >= 4 is 11.9 Å². The molecule has 0 radical (unpaired) electrons. The Labute approximate surface area is 100 Å². The highest BCUT2D eigenvalue weighted by Gasteiger charge is 2.41. The second-order valence-electron chi connectivity index (χ2n) is 4.68. The van der Waals surface area contributed by atoms with Crippen molar-refractivity contribution in [1.82, 2.24) is 4.90 Å². The third-order valence-electron chi connectivity index (χ3n) is 3.52. The number of amides is 1. The highest BCUT2D eigenvalue weighted by molar-refractivity contribution is 5.84. The quantitative estimate of drug-likeness (QED) is 0.575. The van der Waals surface area contributed by atoms with E-state index < -0.39 is 5.97 Å². The van der Waals surface area contributed by atoms with Crippen LogP contribution in [0.5, 0.6) is 0 Å². The third-order valence-corrected chi connectivity index (χ3v) is 3.52. The van der Waals surface area contributed by atoms with E-state index in [1.54, 1.807) is 0 Å². The van der Waals surface area contributed by atoms with Crippen molar-refractivity contribution in [3.63, 3.8) is 0 Å². The van der Waals surface area contributed by atoms with Gasteiger partial charge in [-0.1, -0.05) is 18.1 Å². The standard InChI is InChI=1S/C13H15NO3/c1-2-5-14(8-12(15)16)13(17)11-7-9-3-4-10(11)6-9/h1,3-4,9-11H,5-8H2,(H,15,16). The first-order chi connectivity index (χ1) is 8.11. The van der Waals surface area contributed by atoms with Gasteiger partial charge >= 0.3 is 5.97 Å². The minimum absolute atomic E-state index is 0.0716. The molecule has 3 atom stereocenters. The Morgan fingerprint density at radius 3 is 2.65 bits per heavy atom. The van der Waals surface area contributed by atoms with Crippen LogP contribution in [0.4, 0.5) is 0 Å². The fourth-order valence-corrected chi connectivity index (χ4v) is 2.78. The molecule has 4 nitrogen and oxygen atoms in total. The van der Waals surface area contributed by atoms with E-state index in [2.05, 4.69) is 18.1 Å². The summed E-state index contributed by atoms with van der Waals surface area (Å²) in [5.41, 5.74) is 0. The van der Waals surface area contributed by atoms with Gasteiger partial charge in [0.2, 0.25) is 5.91 Å². The lowest BCUT2D eigenvalue weighted by Gasteiger charge is -2.25. The van der Waals surface area contributed by atoms with Crippen LogP contribution in [-0.2, 0) is 9.59 Å². The summed E-state index contributed by atoms with van der Waals surface area (Å²) < 4.78 is 0. The smallest absolute Gasteiger partial charge is 0.323 e. The fourth-order valence-electron chi connectivity index (χ4n) is 2.78. The number of aliphatic carboxylic acids is 1. The summed E-state index contributed by atoms with van der Waals surface area (Å²) in [5, 5.41) is 8.76. The highest BCUT2D eigenvalue weighted by Crippen LogP contribution is 2.44. The maximum absolute atomic E-state index is 12.2. The van der Waals surface area contributed by atoms with Gasteiger partial charge in [0.1, 0.15) is 6.54 Å². The van der Waals surface area contributed by atoms with E-state index in [1.165, 1.54) is 4.90 Å². The predicted octanol–water partition coefficient (Wildman–Crippen LogP) is 0.745. The van der Waals surface area contributed by atoms with Crippen LogP contribution < -0.4 is 0 Å². The molecule has 1 fully saturated rings. The number of carbonyl (C=O) groups is 2. The first kappa shape index (κ1) is 11.7. The predicted molar refractivity (Wildman–Crippen MR) is 61.9 cm³/mol. The first-order valence-corrected chi connectivity index (χ1v) is 5.74. The lowest BCUT2D eigenvalue weighted by atomic mass is 9.92. The van der Waals surface area contributed by atoms with Crippen LogP contribution in [0.25, 0.3) is 0 Å². The maximum Gasteiger partial charge on any atom is 0.323 e. The Kier molecular flexibility index (Phi) is 3.19. The van der Waals surface area contributed by atoms with Crippen molar-refractivity contribution in [3.8, 4) is 12.3 Å². The number of rotatable bonds is 4. The molecule has 2 aliphatic rings. The first-order valence-electron chi connectivity index (χ1n) is 5.74. The minimum atomic E-state index is -1.02. The number of fused-ring (bicyclic) bond motifs is 2. The molecule has 0 heterocycles. The van der Waals surface area contributed by atoms with Gasteiger partial charge in [0.05, 0.1) is 6.54 Å². The molecule has 0 aliphatic heterocycles. The molecule has 17 heavy (non-hydrogen) atoms. The summed E-state index contributed by atoms with van der Waals surface area (Å²) in [7, 11) is 0. The molecule has 3 unspecified atom stereocenters. The van der Waals surface area contributed by atoms with E-state index >= 15 is 0 Å². The Bertz CT molecular complexity index is 407. The van der Waals surface area contributed by atoms with Gasteiger partial charge in [-0.2, -0.15) is 0 Å². The van der Waals surface area contributed by atoms with E-state index in [1.807, 2.05) is 0 Å². The molecular weight excluding hydrogens is 218 g/mol. The molecule has 2 rings (SSSR count). The van der Waals surface area contributed by atoms with Gasteiger partial charge in [-0.05, 0) is 24.7 Å². The van der Waals surface area contributed by atoms with Crippen molar-refractivity contribution in [3.05, 3.63) is 12.2 Å². The van der Waals surface area contributed by atoms with Crippen LogP contribution in [0.2, 0.25) is 0 Å². The van der Waals surface area contributed by atoms with E-state index in [-0.39, 0.29) is 30.8 Å². The number of terminal acetylenes is 1. The molecule has 1 N–H and O–H groups in total. The number of nitrogens with zero attached hydrogens (tertiary/aromatic N) is 1. The van der Waals surface area contributed by atoms with Gasteiger partial charge in [0.25, 0.3) is 0 Å². The zero-order valence-electron chi connectivity index (χ0n) is 9.50. The van der Waals surface area contributed by atoms with Crippen LogP contribution in [0.1, 0.15) is 12.8 Å². The molecule has 0 aromatic carbocycles. The van der Waals surface area contributed by atoms with Crippen molar-refractivity contribution in [2.75, 3.05) is 13.1 Å². The lowest BCUT2D eigenvalue weighted by molar-refractivity contribution is -0.146.